The molecule has 0 bridgehead atoms. The second kappa shape index (κ2) is 6.15. The van der Waals surface area contributed by atoms with Gasteiger partial charge in [-0.2, -0.15) is 0 Å². The maximum atomic E-state index is 12.0. The number of amides is 1. The molecule has 3 rings (SSSR count). The van der Waals surface area contributed by atoms with E-state index in [1.165, 1.54) is 0 Å². The number of hydrogen-bond donors (Lipinski definition) is 1. The van der Waals surface area contributed by atoms with E-state index >= 15 is 0 Å². The molecule has 1 amide bonds. The summed E-state index contributed by atoms with van der Waals surface area (Å²) >= 11 is 3.30. The Labute approximate surface area is 130 Å². The van der Waals surface area contributed by atoms with Gasteiger partial charge >= 0.3 is 0 Å². The summed E-state index contributed by atoms with van der Waals surface area (Å²) in [6, 6.07) is 7.47. The minimum atomic E-state index is -0.0946. The van der Waals surface area contributed by atoms with E-state index in [0.29, 0.717) is 12.1 Å². The lowest BCUT2D eigenvalue weighted by Crippen LogP contribution is -2.22. The van der Waals surface area contributed by atoms with Crippen molar-refractivity contribution in [2.45, 2.75) is 13.5 Å². The molecule has 0 fully saturated rings. The molecule has 0 saturated carbocycles. The summed E-state index contributed by atoms with van der Waals surface area (Å²) < 4.78 is 0. The normalized spacial score (nSPS) is 10.5. The van der Waals surface area contributed by atoms with Crippen LogP contribution in [0.5, 0.6) is 0 Å². The van der Waals surface area contributed by atoms with Crippen molar-refractivity contribution >= 4 is 28.6 Å². The zero-order valence-corrected chi connectivity index (χ0v) is 13.0. The maximum absolute atomic E-state index is 12.0. The molecule has 4 nitrogen and oxygen atoms in total. The number of pyridine rings is 1. The van der Waals surface area contributed by atoms with Gasteiger partial charge in [0.15, 0.2) is 0 Å². The molecule has 0 spiro atoms. The van der Waals surface area contributed by atoms with Gasteiger partial charge in [0.1, 0.15) is 5.01 Å². The molecule has 3 heterocycles. The van der Waals surface area contributed by atoms with E-state index in [4.69, 9.17) is 0 Å². The van der Waals surface area contributed by atoms with Crippen molar-refractivity contribution < 1.29 is 4.79 Å². The second-order valence-corrected chi connectivity index (χ2v) is 6.45. The lowest BCUT2D eigenvalue weighted by molar-refractivity contribution is 0.0951. The molecule has 0 aromatic carbocycles. The van der Waals surface area contributed by atoms with Crippen molar-refractivity contribution in [2.75, 3.05) is 0 Å². The average Bonchev–Trinajstić information content (AvgIpc) is 3.15. The summed E-state index contributed by atoms with van der Waals surface area (Å²) in [7, 11) is 0. The molecule has 3 aromatic heterocycles. The first-order valence-electron chi connectivity index (χ1n) is 6.42. The van der Waals surface area contributed by atoms with E-state index in [9.17, 15) is 4.79 Å². The van der Waals surface area contributed by atoms with Crippen molar-refractivity contribution in [3.63, 3.8) is 0 Å². The van der Waals surface area contributed by atoms with Crippen LogP contribution in [0.15, 0.2) is 42.0 Å². The number of rotatable bonds is 4. The van der Waals surface area contributed by atoms with Gasteiger partial charge in [0.2, 0.25) is 0 Å². The fourth-order valence-corrected chi connectivity index (χ4v) is 3.66. The second-order valence-electron chi connectivity index (χ2n) is 4.42. The van der Waals surface area contributed by atoms with E-state index in [-0.39, 0.29) is 5.91 Å². The van der Waals surface area contributed by atoms with Crippen LogP contribution in [0.2, 0.25) is 0 Å². The number of aryl methyl sites for hydroxylation is 1. The van der Waals surface area contributed by atoms with Crippen molar-refractivity contribution in [1.82, 2.24) is 15.3 Å². The predicted octanol–water partition coefficient (Wildman–Crippen LogP) is 3.51. The van der Waals surface area contributed by atoms with Gasteiger partial charge in [-0.1, -0.05) is 6.07 Å². The number of thiophene rings is 1. The zero-order valence-electron chi connectivity index (χ0n) is 11.4. The Morgan fingerprint density at radius 2 is 2.10 bits per heavy atom. The fourth-order valence-electron chi connectivity index (χ4n) is 1.86. The Hall–Kier alpha value is -2.05. The number of carbonyl (C=O) groups excluding carboxylic acids is 1. The molecule has 0 aliphatic rings. The highest BCUT2D eigenvalue weighted by Crippen LogP contribution is 2.30. The number of nitrogens with one attached hydrogen (secondary N) is 1. The van der Waals surface area contributed by atoms with Gasteiger partial charge in [0, 0.05) is 22.8 Å². The van der Waals surface area contributed by atoms with E-state index in [0.717, 1.165) is 20.5 Å². The van der Waals surface area contributed by atoms with Gasteiger partial charge < -0.3 is 5.32 Å². The molecule has 0 atom stereocenters. The van der Waals surface area contributed by atoms with Crippen molar-refractivity contribution in [3.05, 3.63) is 58.2 Å². The first-order chi connectivity index (χ1) is 10.2. The molecule has 0 aliphatic heterocycles. The highest BCUT2D eigenvalue weighted by Gasteiger charge is 2.11. The highest BCUT2D eigenvalue weighted by atomic mass is 32.1. The van der Waals surface area contributed by atoms with Crippen molar-refractivity contribution in [2.24, 2.45) is 0 Å². The Morgan fingerprint density at radius 3 is 2.81 bits per heavy atom. The van der Waals surface area contributed by atoms with Gasteiger partial charge in [-0.3, -0.25) is 9.78 Å². The number of hydrogen-bond acceptors (Lipinski definition) is 5. The van der Waals surface area contributed by atoms with Gasteiger partial charge in [0.05, 0.1) is 17.1 Å². The molecule has 0 radical (unpaired) electrons. The number of aromatic nitrogens is 2. The van der Waals surface area contributed by atoms with Gasteiger partial charge in [-0.25, -0.2) is 4.98 Å². The first-order valence-corrected chi connectivity index (χ1v) is 8.12. The Bertz CT molecular complexity index is 736. The number of nitrogens with zero attached hydrogens (tertiary/aromatic N) is 2. The predicted molar refractivity (Wildman–Crippen MR) is 85.6 cm³/mol. The van der Waals surface area contributed by atoms with Gasteiger partial charge in [0.25, 0.3) is 5.91 Å². The van der Waals surface area contributed by atoms with Gasteiger partial charge in [-0.15, -0.1) is 22.7 Å². The summed E-state index contributed by atoms with van der Waals surface area (Å²) in [5.74, 6) is -0.0946. The van der Waals surface area contributed by atoms with Crippen LogP contribution in [-0.4, -0.2) is 15.9 Å². The van der Waals surface area contributed by atoms with E-state index in [2.05, 4.69) is 21.4 Å². The average molecular weight is 315 g/mol. The third-order valence-corrected chi connectivity index (χ3v) is 5.17. The van der Waals surface area contributed by atoms with Crippen molar-refractivity contribution in [3.8, 4) is 9.88 Å². The molecular weight excluding hydrogens is 302 g/mol. The van der Waals surface area contributed by atoms with E-state index in [1.807, 2.05) is 18.4 Å². The topological polar surface area (TPSA) is 54.9 Å². The fraction of sp³-hybridized carbons (Fsp3) is 0.133. The Balaban J connectivity index is 1.70. The maximum Gasteiger partial charge on any atom is 0.251 e. The molecule has 0 aliphatic carbocycles. The third-order valence-electron chi connectivity index (χ3n) is 2.98. The highest BCUT2D eigenvalue weighted by molar-refractivity contribution is 7.21. The quantitative estimate of drug-likeness (QED) is 0.801. The molecule has 0 saturated heterocycles. The zero-order chi connectivity index (χ0) is 14.7. The van der Waals surface area contributed by atoms with Crippen LogP contribution >= 0.6 is 22.7 Å². The summed E-state index contributed by atoms with van der Waals surface area (Å²) in [6.45, 7) is 2.47. The number of thiazole rings is 1. The van der Waals surface area contributed by atoms with Crippen LogP contribution in [0.3, 0.4) is 0 Å². The van der Waals surface area contributed by atoms with Crippen molar-refractivity contribution in [1.29, 1.82) is 0 Å². The van der Waals surface area contributed by atoms with E-state index in [1.54, 1.807) is 47.2 Å². The lowest BCUT2D eigenvalue weighted by Gasteiger charge is -2.03. The van der Waals surface area contributed by atoms with Crippen LogP contribution in [0.1, 0.15) is 20.9 Å². The third kappa shape index (κ3) is 3.17. The van der Waals surface area contributed by atoms with Crippen LogP contribution < -0.4 is 5.32 Å². The molecule has 0 unspecified atom stereocenters. The van der Waals surface area contributed by atoms with Crippen LogP contribution in [0, 0.1) is 6.92 Å². The number of carbonyl (C=O) groups is 1. The Kier molecular flexibility index (Phi) is 4.08. The Morgan fingerprint density at radius 1 is 1.29 bits per heavy atom. The molecular formula is C15H13N3OS2. The SMILES string of the molecule is Cc1nc(-c2cccs2)sc1CNC(=O)c1ccncc1. The van der Waals surface area contributed by atoms with Crippen LogP contribution in [0.4, 0.5) is 0 Å². The van der Waals surface area contributed by atoms with E-state index < -0.39 is 0 Å². The first kappa shape index (κ1) is 13.9. The summed E-state index contributed by atoms with van der Waals surface area (Å²) in [6.07, 6.45) is 3.23. The minimum absolute atomic E-state index is 0.0946. The monoisotopic (exact) mass is 315 g/mol. The molecule has 106 valence electrons. The largest absolute Gasteiger partial charge is 0.347 e. The summed E-state index contributed by atoms with van der Waals surface area (Å²) in [4.78, 5) is 22.7. The van der Waals surface area contributed by atoms with Gasteiger partial charge in [-0.05, 0) is 30.5 Å². The smallest absolute Gasteiger partial charge is 0.251 e. The molecule has 6 heteroatoms. The molecule has 1 N–H and O–H groups in total. The molecule has 21 heavy (non-hydrogen) atoms. The molecule has 3 aromatic rings. The van der Waals surface area contributed by atoms with Crippen LogP contribution in [0.25, 0.3) is 9.88 Å². The lowest BCUT2D eigenvalue weighted by atomic mass is 10.2. The summed E-state index contributed by atoms with van der Waals surface area (Å²) in [5.41, 5.74) is 1.59. The van der Waals surface area contributed by atoms with Crippen LogP contribution in [-0.2, 0) is 6.54 Å². The standard InChI is InChI=1S/C15H13N3OS2/c1-10-13(21-15(18-10)12-3-2-8-20-12)9-17-14(19)11-4-6-16-7-5-11/h2-8H,9H2,1H3,(H,17,19). The summed E-state index contributed by atoms with van der Waals surface area (Å²) in [5, 5.41) is 5.97. The minimum Gasteiger partial charge on any atom is -0.347 e.